The minimum absolute atomic E-state index is 0.237. The Kier molecular flexibility index (Phi) is 5.43. The summed E-state index contributed by atoms with van der Waals surface area (Å²) in [6.45, 7) is 2.12. The Hall–Kier alpha value is -0.840. The minimum atomic E-state index is 0.237. The van der Waals surface area contributed by atoms with Crippen LogP contribution >= 0.6 is 27.7 Å². The minimum Gasteiger partial charge on any atom is -0.327 e. The normalized spacial score (nSPS) is 12.4. The molecule has 0 aliphatic carbocycles. The van der Waals surface area contributed by atoms with Crippen LogP contribution in [0.15, 0.2) is 57.0 Å². The van der Waals surface area contributed by atoms with Gasteiger partial charge in [-0.05, 0) is 58.6 Å². The maximum atomic E-state index is 5.99. The fourth-order valence-electron chi connectivity index (χ4n) is 1.72. The number of rotatable bonds is 5. The van der Waals surface area contributed by atoms with Gasteiger partial charge in [0.15, 0.2) is 0 Å². The molecule has 0 bridgehead atoms. The Morgan fingerprint density at radius 2 is 2.16 bits per heavy atom. The Labute approximate surface area is 126 Å². The van der Waals surface area contributed by atoms with Crippen molar-refractivity contribution in [3.8, 4) is 0 Å². The van der Waals surface area contributed by atoms with Gasteiger partial charge in [0.05, 0.1) is 0 Å². The first-order chi connectivity index (χ1) is 9.19. The van der Waals surface area contributed by atoms with Gasteiger partial charge in [-0.15, -0.1) is 0 Å². The second-order valence-electron chi connectivity index (χ2n) is 4.41. The van der Waals surface area contributed by atoms with Crippen molar-refractivity contribution in [1.82, 2.24) is 4.98 Å². The van der Waals surface area contributed by atoms with Crippen LogP contribution in [0.5, 0.6) is 0 Å². The molecule has 0 saturated heterocycles. The molecule has 0 saturated carbocycles. The predicted octanol–water partition coefficient (Wildman–Crippen LogP) is 4.28. The summed E-state index contributed by atoms with van der Waals surface area (Å²) in [6, 6.07) is 12.6. The predicted molar refractivity (Wildman–Crippen MR) is 84.5 cm³/mol. The maximum Gasteiger partial charge on any atom is 0.101 e. The number of nitrogens with two attached hydrogens (primary N) is 1. The van der Waals surface area contributed by atoms with Crippen molar-refractivity contribution in [1.29, 1.82) is 0 Å². The van der Waals surface area contributed by atoms with Gasteiger partial charge < -0.3 is 5.73 Å². The van der Waals surface area contributed by atoms with Gasteiger partial charge in [-0.1, -0.05) is 30.8 Å². The van der Waals surface area contributed by atoms with Crippen LogP contribution in [0.3, 0.4) is 0 Å². The lowest BCUT2D eigenvalue weighted by atomic mass is 10.1. The van der Waals surface area contributed by atoms with Crippen LogP contribution < -0.4 is 5.73 Å². The lowest BCUT2D eigenvalue weighted by Gasteiger charge is -2.10. The number of hydrogen-bond acceptors (Lipinski definition) is 3. The van der Waals surface area contributed by atoms with E-state index in [4.69, 9.17) is 5.73 Å². The van der Waals surface area contributed by atoms with E-state index in [1.54, 1.807) is 11.8 Å². The monoisotopic (exact) mass is 336 g/mol. The fourth-order valence-corrected chi connectivity index (χ4v) is 3.17. The average Bonchev–Trinajstić information content (AvgIpc) is 2.43. The van der Waals surface area contributed by atoms with Crippen LogP contribution in [0.25, 0.3) is 0 Å². The summed E-state index contributed by atoms with van der Waals surface area (Å²) in [7, 11) is 0. The van der Waals surface area contributed by atoms with Crippen LogP contribution in [-0.4, -0.2) is 11.0 Å². The molecule has 1 atom stereocenters. The van der Waals surface area contributed by atoms with Crippen LogP contribution in [0.1, 0.15) is 18.9 Å². The molecule has 2 aromatic rings. The Morgan fingerprint density at radius 3 is 2.79 bits per heavy atom. The summed E-state index contributed by atoms with van der Waals surface area (Å²) in [6.07, 6.45) is 3.73. The molecule has 2 rings (SSSR count). The highest BCUT2D eigenvalue weighted by Crippen LogP contribution is 2.33. The third-order valence-corrected chi connectivity index (χ3v) is 4.82. The molecule has 1 heterocycles. The summed E-state index contributed by atoms with van der Waals surface area (Å²) < 4.78 is 1.10. The first-order valence-electron chi connectivity index (χ1n) is 6.32. The van der Waals surface area contributed by atoms with E-state index in [9.17, 15) is 0 Å². The molecule has 4 heteroatoms. The van der Waals surface area contributed by atoms with E-state index < -0.39 is 0 Å². The van der Waals surface area contributed by atoms with Crippen molar-refractivity contribution >= 4 is 27.7 Å². The molecule has 1 unspecified atom stereocenters. The number of benzene rings is 1. The molecular formula is C15H17BrN2S. The Balaban J connectivity index is 2.11. The fraction of sp³-hybridized carbons (Fsp3) is 0.267. The smallest absolute Gasteiger partial charge is 0.101 e. The van der Waals surface area contributed by atoms with Gasteiger partial charge >= 0.3 is 0 Å². The van der Waals surface area contributed by atoms with E-state index in [0.29, 0.717) is 0 Å². The zero-order valence-corrected chi connectivity index (χ0v) is 13.2. The number of halogens is 1. The summed E-state index contributed by atoms with van der Waals surface area (Å²) in [5.41, 5.74) is 7.26. The van der Waals surface area contributed by atoms with Crippen molar-refractivity contribution in [2.75, 3.05) is 0 Å². The molecule has 0 fully saturated rings. The van der Waals surface area contributed by atoms with E-state index in [1.165, 1.54) is 10.5 Å². The SMILES string of the molecule is CCC(N)Cc1ccc(Sc2ccccn2)c(Br)c1. The van der Waals surface area contributed by atoms with Gasteiger partial charge in [-0.3, -0.25) is 0 Å². The lowest BCUT2D eigenvalue weighted by molar-refractivity contribution is 0.646. The highest BCUT2D eigenvalue weighted by molar-refractivity contribution is 9.10. The molecular weight excluding hydrogens is 320 g/mol. The standard InChI is InChI=1S/C15H17BrN2S/c1-2-12(17)9-11-6-7-14(13(16)10-11)19-15-5-3-4-8-18-15/h3-8,10,12H,2,9,17H2,1H3. The summed E-state index contributed by atoms with van der Waals surface area (Å²) in [5, 5.41) is 1.00. The molecule has 2 nitrogen and oxygen atoms in total. The third-order valence-electron chi connectivity index (χ3n) is 2.87. The number of nitrogens with zero attached hydrogens (tertiary/aromatic N) is 1. The molecule has 1 aromatic heterocycles. The molecule has 1 aromatic carbocycles. The lowest BCUT2D eigenvalue weighted by Crippen LogP contribution is -2.21. The molecule has 2 N–H and O–H groups in total. The van der Waals surface area contributed by atoms with E-state index in [0.717, 1.165) is 22.3 Å². The zero-order chi connectivity index (χ0) is 13.7. The van der Waals surface area contributed by atoms with E-state index in [-0.39, 0.29) is 6.04 Å². The van der Waals surface area contributed by atoms with Gasteiger partial charge in [-0.25, -0.2) is 4.98 Å². The van der Waals surface area contributed by atoms with Crippen LogP contribution in [0.4, 0.5) is 0 Å². The average molecular weight is 337 g/mol. The summed E-state index contributed by atoms with van der Waals surface area (Å²) in [5.74, 6) is 0. The van der Waals surface area contributed by atoms with Gasteiger partial charge in [0.1, 0.15) is 5.03 Å². The third kappa shape index (κ3) is 4.34. The molecule has 0 amide bonds. The van der Waals surface area contributed by atoms with Gasteiger partial charge in [0.25, 0.3) is 0 Å². The molecule has 0 radical (unpaired) electrons. The molecule has 0 aliphatic heterocycles. The quantitative estimate of drug-likeness (QED) is 0.885. The Morgan fingerprint density at radius 1 is 1.32 bits per heavy atom. The zero-order valence-electron chi connectivity index (χ0n) is 10.8. The molecule has 0 aliphatic rings. The molecule has 100 valence electrons. The van der Waals surface area contributed by atoms with E-state index in [1.807, 2.05) is 24.4 Å². The van der Waals surface area contributed by atoms with Gasteiger partial charge in [0, 0.05) is 21.6 Å². The van der Waals surface area contributed by atoms with Crippen LogP contribution in [0, 0.1) is 0 Å². The van der Waals surface area contributed by atoms with E-state index in [2.05, 4.69) is 46.0 Å². The number of aromatic nitrogens is 1. The topological polar surface area (TPSA) is 38.9 Å². The number of pyridine rings is 1. The first-order valence-corrected chi connectivity index (χ1v) is 7.93. The summed E-state index contributed by atoms with van der Waals surface area (Å²) in [4.78, 5) is 5.49. The van der Waals surface area contributed by atoms with Crippen molar-refractivity contribution in [3.05, 3.63) is 52.6 Å². The number of hydrogen-bond donors (Lipinski definition) is 1. The first kappa shape index (κ1) is 14.6. The van der Waals surface area contributed by atoms with Crippen molar-refractivity contribution in [2.45, 2.75) is 35.7 Å². The van der Waals surface area contributed by atoms with Crippen molar-refractivity contribution in [3.63, 3.8) is 0 Å². The van der Waals surface area contributed by atoms with E-state index >= 15 is 0 Å². The highest BCUT2D eigenvalue weighted by Gasteiger charge is 2.06. The molecule has 19 heavy (non-hydrogen) atoms. The van der Waals surface area contributed by atoms with Crippen LogP contribution in [-0.2, 0) is 6.42 Å². The van der Waals surface area contributed by atoms with Gasteiger partial charge in [0.2, 0.25) is 0 Å². The van der Waals surface area contributed by atoms with Crippen LogP contribution in [0.2, 0.25) is 0 Å². The van der Waals surface area contributed by atoms with Gasteiger partial charge in [-0.2, -0.15) is 0 Å². The second kappa shape index (κ2) is 7.08. The largest absolute Gasteiger partial charge is 0.327 e. The maximum absolute atomic E-state index is 5.99. The van der Waals surface area contributed by atoms with Crippen molar-refractivity contribution < 1.29 is 0 Å². The highest BCUT2D eigenvalue weighted by atomic mass is 79.9. The summed E-state index contributed by atoms with van der Waals surface area (Å²) >= 11 is 5.29. The second-order valence-corrected chi connectivity index (χ2v) is 6.32. The Bertz CT molecular complexity index is 531. The van der Waals surface area contributed by atoms with Crippen molar-refractivity contribution in [2.24, 2.45) is 5.73 Å². The molecule has 0 spiro atoms.